The van der Waals surface area contributed by atoms with Crippen molar-refractivity contribution in [2.24, 2.45) is 0 Å². The summed E-state index contributed by atoms with van der Waals surface area (Å²) in [6, 6.07) is 2.43. The van der Waals surface area contributed by atoms with Gasteiger partial charge in [-0.15, -0.1) is 10.2 Å². The van der Waals surface area contributed by atoms with Crippen molar-refractivity contribution in [3.8, 4) is 10.8 Å². The minimum atomic E-state index is -3.79. The summed E-state index contributed by atoms with van der Waals surface area (Å²) < 4.78 is 56.9. The van der Waals surface area contributed by atoms with Crippen molar-refractivity contribution in [3.63, 3.8) is 0 Å². The molecule has 0 spiro atoms. The van der Waals surface area contributed by atoms with E-state index in [4.69, 9.17) is 0 Å². The van der Waals surface area contributed by atoms with Gasteiger partial charge >= 0.3 is 0 Å². The van der Waals surface area contributed by atoms with E-state index in [0.717, 1.165) is 49.4 Å². The Morgan fingerprint density at radius 1 is 1.28 bits per heavy atom. The molecule has 1 saturated carbocycles. The number of nitrogens with zero attached hydrogens (tertiary/aromatic N) is 5. The number of hydrogen-bond donors (Lipinski definition) is 2. The van der Waals surface area contributed by atoms with Crippen molar-refractivity contribution >= 4 is 32.6 Å². The van der Waals surface area contributed by atoms with Crippen molar-refractivity contribution in [1.29, 1.82) is 0 Å². The van der Waals surface area contributed by atoms with Crippen LogP contribution in [0, 0.1) is 0 Å². The average Bonchev–Trinajstić information content (AvgIpc) is 3.13. The topological polar surface area (TPSA) is 105 Å². The Morgan fingerprint density at radius 2 is 2.00 bits per heavy atom. The molecule has 170 valence electrons. The van der Waals surface area contributed by atoms with Crippen LogP contribution in [0.4, 0.5) is 14.5 Å². The van der Waals surface area contributed by atoms with Crippen LogP contribution in [0.1, 0.15) is 37.6 Å². The summed E-state index contributed by atoms with van der Waals surface area (Å²) >= 11 is 0.752. The third-order valence-electron chi connectivity index (χ3n) is 6.37. The highest BCUT2D eigenvalue weighted by molar-refractivity contribution is 7.89. The van der Waals surface area contributed by atoms with E-state index in [0.29, 0.717) is 23.4 Å². The number of pyridine rings is 1. The van der Waals surface area contributed by atoms with Crippen LogP contribution in [0.25, 0.3) is 16.3 Å². The molecule has 2 atom stereocenters. The summed E-state index contributed by atoms with van der Waals surface area (Å²) in [5.74, 6) is 0.292. The molecule has 0 amide bonds. The fraction of sp³-hybridized carbons (Fsp3) is 0.526. The number of anilines is 1. The first-order valence-corrected chi connectivity index (χ1v) is 12.7. The molecule has 2 bridgehead atoms. The lowest BCUT2D eigenvalue weighted by Gasteiger charge is -2.49. The lowest BCUT2D eigenvalue weighted by Crippen LogP contribution is -2.67. The van der Waals surface area contributed by atoms with Gasteiger partial charge in [0, 0.05) is 36.9 Å². The zero-order valence-corrected chi connectivity index (χ0v) is 18.8. The number of rotatable bonds is 6. The minimum Gasteiger partial charge on any atom is -0.367 e. The summed E-state index contributed by atoms with van der Waals surface area (Å²) in [4.78, 5) is 6.68. The lowest BCUT2D eigenvalue weighted by molar-refractivity contribution is 0.150. The van der Waals surface area contributed by atoms with E-state index in [-0.39, 0.29) is 9.90 Å². The van der Waals surface area contributed by atoms with Gasteiger partial charge in [-0.2, -0.15) is 0 Å². The third-order valence-corrected chi connectivity index (χ3v) is 8.90. The van der Waals surface area contributed by atoms with Crippen LogP contribution in [-0.4, -0.2) is 58.7 Å². The first kappa shape index (κ1) is 20.4. The first-order valence-electron chi connectivity index (χ1n) is 10.4. The van der Waals surface area contributed by atoms with Gasteiger partial charge in [-0.1, -0.05) is 11.3 Å². The second-order valence-electron chi connectivity index (χ2n) is 9.01. The number of alkyl halides is 2. The third kappa shape index (κ3) is 3.38. The zero-order valence-electron chi connectivity index (χ0n) is 17.1. The summed E-state index contributed by atoms with van der Waals surface area (Å²) in [7, 11) is -3.79. The number of halogens is 2. The molecule has 3 aliphatic heterocycles. The molecule has 0 radical (unpaired) electrons. The maximum absolute atomic E-state index is 13.2. The molecule has 6 heterocycles. The van der Waals surface area contributed by atoms with Crippen LogP contribution in [0.5, 0.6) is 0 Å². The van der Waals surface area contributed by atoms with Crippen LogP contribution in [0.15, 0.2) is 23.4 Å². The zero-order chi connectivity index (χ0) is 22.3. The quantitative estimate of drug-likeness (QED) is 0.556. The highest BCUT2D eigenvalue weighted by Crippen LogP contribution is 2.38. The standard InChI is InChI=1S/C19H21F2N7O2S2/c1-19(2-3-19)26-32(29,30)12-5-13(27-7-10-4-11(8-27)23-10)14-6-22-16(28(14)9-12)18-25-24-17(31-18)15(20)21/h5-6,9-11,15,23,26H,2-4,7-8H2,1H3. The molecule has 32 heavy (non-hydrogen) atoms. The Labute approximate surface area is 186 Å². The van der Waals surface area contributed by atoms with Crippen LogP contribution in [-0.2, 0) is 10.0 Å². The Bertz CT molecular complexity index is 1300. The Balaban J connectivity index is 1.49. The number of piperidine rings is 1. The molecule has 2 unspecified atom stereocenters. The lowest BCUT2D eigenvalue weighted by atomic mass is 9.91. The molecular formula is C19H21F2N7O2S2. The minimum absolute atomic E-state index is 0.109. The highest BCUT2D eigenvalue weighted by atomic mass is 32.2. The van der Waals surface area contributed by atoms with E-state index in [1.165, 1.54) is 6.20 Å². The molecule has 4 fully saturated rings. The predicted molar refractivity (Wildman–Crippen MR) is 115 cm³/mol. The van der Waals surface area contributed by atoms with Gasteiger partial charge in [0.25, 0.3) is 6.43 Å². The fourth-order valence-corrected chi connectivity index (χ4v) is 6.58. The molecule has 2 N–H and O–H groups in total. The molecule has 3 aromatic heterocycles. The summed E-state index contributed by atoms with van der Waals surface area (Å²) in [5, 5.41) is 10.7. The Kier molecular flexibility index (Phi) is 4.39. The number of hydrogen-bond acceptors (Lipinski definition) is 8. The SMILES string of the molecule is CC1(NS(=O)(=O)c2cc(N3CC4CC(C3)N4)c3cnc(-c4nnc(C(F)F)s4)n3c2)CC1. The summed E-state index contributed by atoms with van der Waals surface area (Å²) in [6.45, 7) is 3.40. The molecule has 1 aliphatic carbocycles. The summed E-state index contributed by atoms with van der Waals surface area (Å²) in [5.41, 5.74) is 1.03. The van der Waals surface area contributed by atoms with Crippen LogP contribution < -0.4 is 14.9 Å². The largest absolute Gasteiger partial charge is 0.367 e. The molecule has 13 heteroatoms. The van der Waals surface area contributed by atoms with Gasteiger partial charge < -0.3 is 10.2 Å². The first-order chi connectivity index (χ1) is 15.2. The van der Waals surface area contributed by atoms with Crippen molar-refractivity contribution in [3.05, 3.63) is 23.5 Å². The van der Waals surface area contributed by atoms with Crippen LogP contribution in [0.3, 0.4) is 0 Å². The van der Waals surface area contributed by atoms with Crippen LogP contribution >= 0.6 is 11.3 Å². The molecular weight excluding hydrogens is 460 g/mol. The number of aromatic nitrogens is 4. The van der Waals surface area contributed by atoms with Gasteiger partial charge in [0.05, 0.1) is 17.4 Å². The number of piperazine rings is 1. The van der Waals surface area contributed by atoms with Gasteiger partial charge in [-0.3, -0.25) is 4.40 Å². The van der Waals surface area contributed by atoms with E-state index >= 15 is 0 Å². The van der Waals surface area contributed by atoms with E-state index in [9.17, 15) is 17.2 Å². The van der Waals surface area contributed by atoms with Gasteiger partial charge in [0.1, 0.15) is 4.90 Å². The van der Waals surface area contributed by atoms with Crippen molar-refractivity contribution < 1.29 is 17.2 Å². The number of fused-ring (bicyclic) bond motifs is 3. The molecule has 0 aromatic carbocycles. The Hall–Kier alpha value is -2.22. The van der Waals surface area contributed by atoms with Gasteiger partial charge in [0.2, 0.25) is 10.0 Å². The van der Waals surface area contributed by atoms with Crippen LogP contribution in [0.2, 0.25) is 0 Å². The molecule has 9 nitrogen and oxygen atoms in total. The molecule has 4 aliphatic rings. The second-order valence-corrected chi connectivity index (χ2v) is 11.7. The van der Waals surface area contributed by atoms with E-state index in [1.54, 1.807) is 16.7 Å². The highest BCUT2D eigenvalue weighted by Gasteiger charge is 2.42. The number of sulfonamides is 1. The van der Waals surface area contributed by atoms with Crippen molar-refractivity contribution in [1.82, 2.24) is 29.6 Å². The fourth-order valence-electron chi connectivity index (χ4n) is 4.41. The molecule has 3 aromatic rings. The average molecular weight is 482 g/mol. The normalized spacial score (nSPS) is 24.2. The monoisotopic (exact) mass is 481 g/mol. The summed E-state index contributed by atoms with van der Waals surface area (Å²) in [6.07, 6.45) is 3.08. The molecule has 7 rings (SSSR count). The maximum atomic E-state index is 13.2. The second kappa shape index (κ2) is 6.89. The van der Waals surface area contributed by atoms with E-state index in [2.05, 4.69) is 30.1 Å². The number of imidazole rings is 1. The number of nitrogens with one attached hydrogen (secondary N) is 2. The predicted octanol–water partition coefficient (Wildman–Crippen LogP) is 2.17. The Morgan fingerprint density at radius 3 is 2.62 bits per heavy atom. The van der Waals surface area contributed by atoms with E-state index < -0.39 is 27.0 Å². The van der Waals surface area contributed by atoms with Crippen molar-refractivity contribution in [2.75, 3.05) is 18.0 Å². The smallest absolute Gasteiger partial charge is 0.291 e. The van der Waals surface area contributed by atoms with E-state index in [1.807, 2.05) is 6.92 Å². The van der Waals surface area contributed by atoms with Gasteiger partial charge in [0.15, 0.2) is 15.8 Å². The van der Waals surface area contributed by atoms with Crippen molar-refractivity contribution in [2.45, 2.75) is 55.1 Å². The molecule has 3 saturated heterocycles. The van der Waals surface area contributed by atoms with Gasteiger partial charge in [-0.25, -0.2) is 26.9 Å². The maximum Gasteiger partial charge on any atom is 0.291 e. The van der Waals surface area contributed by atoms with Gasteiger partial charge in [-0.05, 0) is 32.3 Å².